The van der Waals surface area contributed by atoms with Gasteiger partial charge in [-0.3, -0.25) is 0 Å². The average Bonchev–Trinajstić information content (AvgIpc) is 2.40. The predicted molar refractivity (Wildman–Crippen MR) is 53.4 cm³/mol. The molecule has 1 rings (SSSR count). The van der Waals surface area contributed by atoms with E-state index in [1.807, 2.05) is 4.90 Å². The van der Waals surface area contributed by atoms with Crippen LogP contribution in [0.3, 0.4) is 0 Å². The number of rotatable bonds is 3. The molecule has 1 fully saturated rings. The van der Waals surface area contributed by atoms with Gasteiger partial charge < -0.3 is 10.6 Å². The van der Waals surface area contributed by atoms with Crippen LogP contribution in [0.1, 0.15) is 13.8 Å². The number of hydrogen-bond acceptors (Lipinski definition) is 2. The number of nitrogens with zero attached hydrogens (tertiary/aromatic N) is 1. The third kappa shape index (κ3) is 3.34. The van der Waals surface area contributed by atoms with E-state index in [0.717, 1.165) is 13.1 Å². The molecule has 0 aromatic rings. The summed E-state index contributed by atoms with van der Waals surface area (Å²) in [5, 5.41) is 0. The topological polar surface area (TPSA) is 29.3 Å². The zero-order chi connectivity index (χ0) is 11.6. The van der Waals surface area contributed by atoms with Gasteiger partial charge in [0.15, 0.2) is 0 Å². The number of nitrogens with two attached hydrogens (primary N) is 1. The second-order valence-electron chi connectivity index (χ2n) is 4.65. The maximum absolute atomic E-state index is 12.5. The first-order valence-corrected chi connectivity index (χ1v) is 5.33. The molecule has 2 N–H and O–H groups in total. The Labute approximate surface area is 88.6 Å². The Balaban J connectivity index is 2.47. The van der Waals surface area contributed by atoms with Gasteiger partial charge >= 0.3 is 6.18 Å². The Morgan fingerprint density at radius 1 is 1.27 bits per heavy atom. The molecule has 3 atom stereocenters. The van der Waals surface area contributed by atoms with Crippen LogP contribution in [-0.4, -0.2) is 37.3 Å². The predicted octanol–water partition coefficient (Wildman–Crippen LogP) is 1.71. The fourth-order valence-electron chi connectivity index (χ4n) is 2.02. The third-order valence-electron chi connectivity index (χ3n) is 3.29. The summed E-state index contributed by atoms with van der Waals surface area (Å²) in [6.07, 6.45) is -4.16. The lowest BCUT2D eigenvalue weighted by atomic mass is 10.0. The fourth-order valence-corrected chi connectivity index (χ4v) is 2.02. The SMILES string of the molecule is CC1CN(CC(CN)C(F)(F)F)CC1C. The lowest BCUT2D eigenvalue weighted by Gasteiger charge is -2.24. The zero-order valence-corrected chi connectivity index (χ0v) is 9.22. The first-order valence-electron chi connectivity index (χ1n) is 5.33. The van der Waals surface area contributed by atoms with Gasteiger partial charge in [0.05, 0.1) is 5.92 Å². The minimum absolute atomic E-state index is 0.0503. The molecule has 3 unspecified atom stereocenters. The van der Waals surface area contributed by atoms with Crippen LogP contribution in [0.25, 0.3) is 0 Å². The minimum Gasteiger partial charge on any atom is -0.330 e. The molecule has 0 amide bonds. The summed E-state index contributed by atoms with van der Waals surface area (Å²) in [6, 6.07) is 0. The van der Waals surface area contributed by atoms with Crippen molar-refractivity contribution in [1.82, 2.24) is 4.90 Å². The van der Waals surface area contributed by atoms with Gasteiger partial charge in [-0.1, -0.05) is 13.8 Å². The molecule has 0 aromatic carbocycles. The maximum atomic E-state index is 12.5. The normalized spacial score (nSPS) is 30.8. The molecule has 1 saturated heterocycles. The zero-order valence-electron chi connectivity index (χ0n) is 9.22. The van der Waals surface area contributed by atoms with Gasteiger partial charge in [-0.2, -0.15) is 13.2 Å². The lowest BCUT2D eigenvalue weighted by Crippen LogP contribution is -2.40. The molecule has 1 heterocycles. The van der Waals surface area contributed by atoms with E-state index in [4.69, 9.17) is 5.73 Å². The van der Waals surface area contributed by atoms with Gasteiger partial charge in [0.1, 0.15) is 0 Å². The van der Waals surface area contributed by atoms with Gasteiger partial charge in [-0.25, -0.2) is 0 Å². The second kappa shape index (κ2) is 4.70. The third-order valence-corrected chi connectivity index (χ3v) is 3.29. The van der Waals surface area contributed by atoms with Crippen molar-refractivity contribution in [3.63, 3.8) is 0 Å². The van der Waals surface area contributed by atoms with Crippen molar-refractivity contribution in [1.29, 1.82) is 0 Å². The fraction of sp³-hybridized carbons (Fsp3) is 1.00. The Morgan fingerprint density at radius 3 is 2.07 bits per heavy atom. The summed E-state index contributed by atoms with van der Waals surface area (Å²) >= 11 is 0. The van der Waals surface area contributed by atoms with E-state index in [1.54, 1.807) is 0 Å². The highest BCUT2D eigenvalue weighted by atomic mass is 19.4. The van der Waals surface area contributed by atoms with E-state index in [-0.39, 0.29) is 13.1 Å². The second-order valence-corrected chi connectivity index (χ2v) is 4.65. The van der Waals surface area contributed by atoms with Crippen LogP contribution in [-0.2, 0) is 0 Å². The molecular formula is C10H19F3N2. The number of halogens is 3. The van der Waals surface area contributed by atoms with Crippen LogP contribution < -0.4 is 5.73 Å². The summed E-state index contributed by atoms with van der Waals surface area (Å²) < 4.78 is 37.4. The van der Waals surface area contributed by atoms with Crippen LogP contribution in [0.2, 0.25) is 0 Å². The van der Waals surface area contributed by atoms with Gasteiger partial charge in [0.25, 0.3) is 0 Å². The summed E-state index contributed by atoms with van der Waals surface area (Å²) in [5.41, 5.74) is 5.16. The molecule has 15 heavy (non-hydrogen) atoms. The van der Waals surface area contributed by atoms with Crippen LogP contribution in [0.5, 0.6) is 0 Å². The molecule has 0 bridgehead atoms. The van der Waals surface area contributed by atoms with Crippen molar-refractivity contribution in [2.45, 2.75) is 20.0 Å². The highest BCUT2D eigenvalue weighted by molar-refractivity contribution is 4.82. The first-order chi connectivity index (χ1) is 6.84. The summed E-state index contributed by atoms with van der Waals surface area (Å²) in [4.78, 5) is 1.88. The average molecular weight is 224 g/mol. The van der Waals surface area contributed by atoms with Crippen molar-refractivity contribution in [2.24, 2.45) is 23.5 Å². The quantitative estimate of drug-likeness (QED) is 0.790. The maximum Gasteiger partial charge on any atom is 0.394 e. The van der Waals surface area contributed by atoms with E-state index < -0.39 is 12.1 Å². The van der Waals surface area contributed by atoms with Gasteiger partial charge in [-0.15, -0.1) is 0 Å². The number of likely N-dealkylation sites (tertiary alicyclic amines) is 1. The molecule has 1 aliphatic rings. The lowest BCUT2D eigenvalue weighted by molar-refractivity contribution is -0.175. The molecule has 0 radical (unpaired) electrons. The number of alkyl halides is 3. The van der Waals surface area contributed by atoms with Crippen molar-refractivity contribution in [3.05, 3.63) is 0 Å². The molecular weight excluding hydrogens is 205 g/mol. The molecule has 0 aliphatic carbocycles. The van der Waals surface area contributed by atoms with Crippen LogP contribution in [0.4, 0.5) is 13.2 Å². The number of hydrogen-bond donors (Lipinski definition) is 1. The Kier molecular flexibility index (Phi) is 4.00. The van der Waals surface area contributed by atoms with E-state index >= 15 is 0 Å². The molecule has 90 valence electrons. The molecule has 0 aromatic heterocycles. The first kappa shape index (κ1) is 12.8. The largest absolute Gasteiger partial charge is 0.394 e. The highest BCUT2D eigenvalue weighted by Crippen LogP contribution is 2.29. The van der Waals surface area contributed by atoms with E-state index in [9.17, 15) is 13.2 Å². The highest BCUT2D eigenvalue weighted by Gasteiger charge is 2.40. The standard InChI is InChI=1S/C10H19F3N2/c1-7-4-15(5-8(7)2)6-9(3-14)10(11,12)13/h7-9H,3-6,14H2,1-2H3. The van der Waals surface area contributed by atoms with Crippen molar-refractivity contribution in [3.8, 4) is 0 Å². The Morgan fingerprint density at radius 2 is 1.73 bits per heavy atom. The van der Waals surface area contributed by atoms with Crippen molar-refractivity contribution in [2.75, 3.05) is 26.2 Å². The van der Waals surface area contributed by atoms with Gasteiger partial charge in [0, 0.05) is 26.2 Å². The Hall–Kier alpha value is -0.290. The minimum atomic E-state index is -4.16. The van der Waals surface area contributed by atoms with E-state index in [1.165, 1.54) is 0 Å². The molecule has 0 saturated carbocycles. The summed E-state index contributed by atoms with van der Waals surface area (Å²) in [5.74, 6) is -0.414. The Bertz CT molecular complexity index is 195. The van der Waals surface area contributed by atoms with Crippen LogP contribution in [0.15, 0.2) is 0 Å². The van der Waals surface area contributed by atoms with Gasteiger partial charge in [-0.05, 0) is 11.8 Å². The van der Waals surface area contributed by atoms with Crippen LogP contribution in [0, 0.1) is 17.8 Å². The molecule has 1 aliphatic heterocycles. The molecule has 0 spiro atoms. The van der Waals surface area contributed by atoms with E-state index in [2.05, 4.69) is 13.8 Å². The summed E-state index contributed by atoms with van der Waals surface area (Å²) in [7, 11) is 0. The molecule has 2 nitrogen and oxygen atoms in total. The molecule has 5 heteroatoms. The monoisotopic (exact) mass is 224 g/mol. The van der Waals surface area contributed by atoms with Crippen molar-refractivity contribution >= 4 is 0 Å². The van der Waals surface area contributed by atoms with Crippen LogP contribution >= 0.6 is 0 Å². The summed E-state index contributed by atoms with van der Waals surface area (Å²) in [6.45, 7) is 5.41. The van der Waals surface area contributed by atoms with Gasteiger partial charge in [0.2, 0.25) is 0 Å². The smallest absolute Gasteiger partial charge is 0.330 e. The van der Waals surface area contributed by atoms with E-state index in [0.29, 0.717) is 11.8 Å². The van der Waals surface area contributed by atoms with Crippen molar-refractivity contribution < 1.29 is 13.2 Å².